The number of rotatable bonds is 10. The van der Waals surface area contributed by atoms with Crippen LogP contribution < -0.4 is 20.7 Å². The number of hydrogen-bond donors (Lipinski definition) is 0. The normalized spacial score (nSPS) is 11.8. The van der Waals surface area contributed by atoms with Crippen molar-refractivity contribution in [2.24, 2.45) is 0 Å². The zero-order chi connectivity index (χ0) is 27.3. The summed E-state index contributed by atoms with van der Waals surface area (Å²) < 4.78 is 13.8. The molecule has 0 unspecified atom stereocenters. The molecule has 0 amide bonds. The van der Waals surface area contributed by atoms with Crippen molar-refractivity contribution in [3.05, 3.63) is 123 Å². The molecule has 0 saturated heterocycles. The van der Waals surface area contributed by atoms with E-state index in [1.807, 2.05) is 36.4 Å². The number of hydrogen-bond acceptors (Lipinski definition) is 5. The number of nitro benzene ring substituents is 1. The van der Waals surface area contributed by atoms with Gasteiger partial charge in [0.25, 0.3) is 19.6 Å². The molecule has 0 aliphatic rings. The molecule has 7 nitrogen and oxygen atoms in total. The Bertz CT molecular complexity index is 1440. The Morgan fingerprint density at radius 1 is 0.947 bits per heavy atom. The predicted octanol–water partition coefficient (Wildman–Crippen LogP) is 5.31. The Balaban J connectivity index is 1.58. The van der Waals surface area contributed by atoms with Gasteiger partial charge < -0.3 is 9.16 Å². The molecule has 0 radical (unpaired) electrons. The number of nitro groups is 1. The summed E-state index contributed by atoms with van der Waals surface area (Å²) in [4.78, 5) is 23.6. The maximum absolute atomic E-state index is 13.1. The highest BCUT2D eigenvalue weighted by molar-refractivity contribution is 14.1. The molecule has 0 aliphatic heterocycles. The van der Waals surface area contributed by atoms with Gasteiger partial charge in [-0.3, -0.25) is 19.5 Å². The molecule has 0 atom stereocenters. The molecule has 0 saturated carbocycles. The van der Waals surface area contributed by atoms with E-state index in [0.29, 0.717) is 5.69 Å². The van der Waals surface area contributed by atoms with Crippen LogP contribution in [0.4, 0.5) is 5.69 Å². The molecule has 0 N–H and O–H groups in total. The predicted molar refractivity (Wildman–Crippen MR) is 161 cm³/mol. The number of aromatic nitrogens is 1. The fourth-order valence-corrected chi connectivity index (χ4v) is 11.2. The van der Waals surface area contributed by atoms with Gasteiger partial charge in [0.2, 0.25) is 0 Å². The van der Waals surface area contributed by atoms with Crippen molar-refractivity contribution in [2.75, 3.05) is 13.2 Å². The van der Waals surface area contributed by atoms with Crippen molar-refractivity contribution in [1.82, 2.24) is 4.57 Å². The minimum Gasteiger partial charge on any atom is -0.485 e. The number of non-ortho nitro benzene ring substituents is 1. The lowest BCUT2D eigenvalue weighted by Crippen LogP contribution is -2.71. The molecular weight excluding hydrogens is 635 g/mol. The number of benzene rings is 3. The van der Waals surface area contributed by atoms with E-state index in [1.165, 1.54) is 22.8 Å². The first kappa shape index (κ1) is 28.0. The molecule has 4 rings (SSSR count). The highest BCUT2D eigenvalue weighted by Gasteiger charge is 2.51. The van der Waals surface area contributed by atoms with E-state index < -0.39 is 18.8 Å². The highest BCUT2D eigenvalue weighted by atomic mass is 127. The van der Waals surface area contributed by atoms with Crippen molar-refractivity contribution >= 4 is 58.6 Å². The van der Waals surface area contributed by atoms with Gasteiger partial charge in [0.1, 0.15) is 6.61 Å². The molecule has 0 fully saturated rings. The van der Waals surface area contributed by atoms with E-state index >= 15 is 0 Å². The number of ether oxygens (including phenoxy) is 1. The van der Waals surface area contributed by atoms with E-state index in [1.54, 1.807) is 18.3 Å². The van der Waals surface area contributed by atoms with E-state index in [4.69, 9.17) is 20.8 Å². The van der Waals surface area contributed by atoms with Crippen molar-refractivity contribution < 1.29 is 14.1 Å². The third-order valence-electron chi connectivity index (χ3n) is 6.17. The fourth-order valence-electron chi connectivity index (χ4n) is 4.46. The van der Waals surface area contributed by atoms with E-state index in [-0.39, 0.29) is 32.7 Å². The van der Waals surface area contributed by atoms with Gasteiger partial charge in [-0.15, -0.1) is 0 Å². The van der Waals surface area contributed by atoms with Crippen LogP contribution in [0.25, 0.3) is 5.69 Å². The fraction of sp³-hybridized carbons (Fsp3) is 0.179. The summed E-state index contributed by atoms with van der Waals surface area (Å²) in [6, 6.07) is 27.8. The lowest BCUT2D eigenvalue weighted by atomic mass is 10.2. The summed E-state index contributed by atoms with van der Waals surface area (Å²) in [6.07, 6.45) is 1.54. The van der Waals surface area contributed by atoms with Gasteiger partial charge in [0.05, 0.1) is 22.2 Å². The molecule has 4 aromatic rings. The first-order chi connectivity index (χ1) is 18.1. The van der Waals surface area contributed by atoms with Gasteiger partial charge in [-0.1, -0.05) is 109 Å². The summed E-state index contributed by atoms with van der Waals surface area (Å²) in [7, 11) is -2.74. The Morgan fingerprint density at radius 3 is 2.08 bits per heavy atom. The average molecular weight is 661 g/mol. The number of alkyl halides is 1. The average Bonchev–Trinajstić information content (AvgIpc) is 2.90. The smallest absolute Gasteiger partial charge is 0.297 e. The SMILES string of the molecule is CC(C)(I)[Si](OCCOc1cccn(-c2ccc([N+](=O)[O-])cc2Cl)c1=O)(c1ccccc1)c1ccccc1. The Morgan fingerprint density at radius 2 is 1.55 bits per heavy atom. The second-order valence-electron chi connectivity index (χ2n) is 9.02. The van der Waals surface area contributed by atoms with Crippen LogP contribution in [0.2, 0.25) is 5.02 Å². The van der Waals surface area contributed by atoms with Crippen LogP contribution in [-0.4, -0.2) is 34.1 Å². The van der Waals surface area contributed by atoms with Crippen molar-refractivity contribution in [3.8, 4) is 11.4 Å². The van der Waals surface area contributed by atoms with Crippen LogP contribution in [0, 0.1) is 10.1 Å². The summed E-state index contributed by atoms with van der Waals surface area (Å²) in [5.41, 5.74) is -0.249. The third-order valence-corrected chi connectivity index (χ3v) is 13.4. The molecule has 0 aliphatic carbocycles. The summed E-state index contributed by atoms with van der Waals surface area (Å²) in [6.45, 7) is 4.80. The number of pyridine rings is 1. The Kier molecular flexibility index (Phi) is 8.71. The van der Waals surface area contributed by atoms with Gasteiger partial charge in [0, 0.05) is 21.4 Å². The number of nitrogens with zero attached hydrogens (tertiary/aromatic N) is 2. The first-order valence-corrected chi connectivity index (χ1v) is 15.2. The second kappa shape index (κ2) is 11.8. The lowest BCUT2D eigenvalue weighted by Gasteiger charge is -2.41. The van der Waals surface area contributed by atoms with Crippen LogP contribution in [0.15, 0.2) is 102 Å². The molecule has 38 heavy (non-hydrogen) atoms. The van der Waals surface area contributed by atoms with Gasteiger partial charge in [-0.25, -0.2) is 0 Å². The Hall–Kier alpha value is -2.99. The zero-order valence-electron chi connectivity index (χ0n) is 20.8. The van der Waals surface area contributed by atoms with Gasteiger partial charge in [0.15, 0.2) is 5.75 Å². The maximum Gasteiger partial charge on any atom is 0.297 e. The van der Waals surface area contributed by atoms with Crippen LogP contribution in [0.3, 0.4) is 0 Å². The van der Waals surface area contributed by atoms with Gasteiger partial charge in [-0.05, 0) is 28.6 Å². The number of halogens is 2. The minimum atomic E-state index is -2.74. The first-order valence-electron chi connectivity index (χ1n) is 11.9. The van der Waals surface area contributed by atoms with Crippen LogP contribution in [0.1, 0.15) is 13.8 Å². The molecule has 3 aromatic carbocycles. The van der Waals surface area contributed by atoms with E-state index in [2.05, 4.69) is 60.7 Å². The van der Waals surface area contributed by atoms with Crippen molar-refractivity contribution in [2.45, 2.75) is 16.9 Å². The summed E-state index contributed by atoms with van der Waals surface area (Å²) in [5.74, 6) is 0.131. The van der Waals surface area contributed by atoms with Crippen LogP contribution in [-0.2, 0) is 4.43 Å². The maximum atomic E-state index is 13.1. The molecule has 0 bridgehead atoms. The molecule has 196 valence electrons. The van der Waals surface area contributed by atoms with E-state index in [0.717, 1.165) is 10.4 Å². The monoisotopic (exact) mass is 660 g/mol. The lowest BCUT2D eigenvalue weighted by molar-refractivity contribution is -0.384. The Labute approximate surface area is 240 Å². The van der Waals surface area contributed by atoms with Crippen LogP contribution in [0.5, 0.6) is 5.75 Å². The highest BCUT2D eigenvalue weighted by Crippen LogP contribution is 2.31. The van der Waals surface area contributed by atoms with Crippen molar-refractivity contribution in [1.29, 1.82) is 0 Å². The standard InChI is InChI=1S/C28H26ClIN2O5Si/c1-28(2,30)38(22-10-5-3-6-11-22,23-12-7-4-8-13-23)37-19-18-36-26-14-9-17-31(27(26)33)25-16-15-21(32(34)35)20-24(25)29/h3-17,20H,18-19H2,1-2H3. The van der Waals surface area contributed by atoms with Crippen LogP contribution >= 0.6 is 34.2 Å². The molecule has 1 heterocycles. The molecular formula is C28H26ClIN2O5Si. The van der Waals surface area contributed by atoms with E-state index in [9.17, 15) is 14.9 Å². The molecule has 10 heteroatoms. The zero-order valence-corrected chi connectivity index (χ0v) is 24.8. The summed E-state index contributed by atoms with van der Waals surface area (Å²) in [5, 5.41) is 13.4. The van der Waals surface area contributed by atoms with Gasteiger partial charge >= 0.3 is 0 Å². The second-order valence-corrected chi connectivity index (χ2v) is 17.2. The molecule has 1 aromatic heterocycles. The minimum absolute atomic E-state index is 0.0903. The summed E-state index contributed by atoms with van der Waals surface area (Å²) >= 11 is 8.72. The third kappa shape index (κ3) is 5.70. The largest absolute Gasteiger partial charge is 0.485 e. The topological polar surface area (TPSA) is 83.6 Å². The van der Waals surface area contributed by atoms with Gasteiger partial charge in [-0.2, -0.15) is 0 Å². The molecule has 0 spiro atoms. The van der Waals surface area contributed by atoms with Crippen molar-refractivity contribution in [3.63, 3.8) is 0 Å². The quantitative estimate of drug-likeness (QED) is 0.0576.